The Morgan fingerprint density at radius 3 is 2.56 bits per heavy atom. The van der Waals surface area contributed by atoms with Gasteiger partial charge in [-0.15, -0.1) is 0 Å². The normalized spacial score (nSPS) is 26.2. The first-order chi connectivity index (χ1) is 13.1. The largest absolute Gasteiger partial charge is 0.439 e. The molecule has 0 aliphatic carbocycles. The van der Waals surface area contributed by atoms with Crippen LogP contribution in [-0.4, -0.2) is 41.0 Å². The van der Waals surface area contributed by atoms with Gasteiger partial charge >= 0.3 is 0 Å². The number of hydrogen-bond donors (Lipinski definition) is 1. The third kappa shape index (κ3) is 3.64. The molecule has 2 atom stereocenters. The summed E-state index contributed by atoms with van der Waals surface area (Å²) >= 11 is 0. The highest BCUT2D eigenvalue weighted by Crippen LogP contribution is 2.32. The molecule has 1 aromatic heterocycles. The van der Waals surface area contributed by atoms with Crippen molar-refractivity contribution in [3.05, 3.63) is 53.7 Å². The summed E-state index contributed by atoms with van der Waals surface area (Å²) in [7, 11) is 0. The fourth-order valence-corrected chi connectivity index (χ4v) is 4.08. The summed E-state index contributed by atoms with van der Waals surface area (Å²) < 4.78 is 5.66. The Morgan fingerprint density at radius 1 is 1.22 bits per heavy atom. The van der Waals surface area contributed by atoms with Crippen LogP contribution < -0.4 is 10.1 Å². The van der Waals surface area contributed by atoms with Crippen LogP contribution in [0.3, 0.4) is 0 Å². The maximum absolute atomic E-state index is 12.7. The number of pyridine rings is 1. The van der Waals surface area contributed by atoms with Crippen LogP contribution in [0.25, 0.3) is 0 Å². The highest BCUT2D eigenvalue weighted by Gasteiger charge is 2.40. The second-order valence-corrected chi connectivity index (χ2v) is 7.24. The Balaban J connectivity index is 1.39. The molecular weight excluding hydrogens is 340 g/mol. The first-order valence-electron chi connectivity index (χ1n) is 9.33. The van der Waals surface area contributed by atoms with Gasteiger partial charge in [-0.1, -0.05) is 0 Å². The summed E-state index contributed by atoms with van der Waals surface area (Å²) in [5, 5.41) is 12.0. The zero-order valence-electron chi connectivity index (χ0n) is 15.3. The van der Waals surface area contributed by atoms with Crippen LogP contribution in [0.15, 0.2) is 42.6 Å². The molecule has 3 aliphatic rings. The molecule has 6 nitrogen and oxygen atoms in total. The fourth-order valence-electron chi connectivity index (χ4n) is 4.08. The van der Waals surface area contributed by atoms with Crippen LogP contribution in [0.4, 0.5) is 0 Å². The molecule has 1 aromatic carbocycles. The molecule has 2 unspecified atom stereocenters. The standard InChI is InChI=1S/C21H22N4O2/c1-14-20(16-8-10-25(14)11-9-16)24-21(26)17-3-5-18(6-4-17)27-19-7-2-15(12-22)13-23-19/h2-7,13-14,16,20H,8-11H2,1H3,(H,24,26). The van der Waals surface area contributed by atoms with Crippen molar-refractivity contribution in [2.45, 2.75) is 31.8 Å². The van der Waals surface area contributed by atoms with Crippen LogP contribution in [0.1, 0.15) is 35.7 Å². The number of nitriles is 1. The van der Waals surface area contributed by atoms with E-state index in [2.05, 4.69) is 22.1 Å². The Labute approximate surface area is 158 Å². The number of nitrogens with one attached hydrogen (secondary N) is 1. The molecule has 5 rings (SSSR count). The summed E-state index contributed by atoms with van der Waals surface area (Å²) in [4.78, 5) is 19.2. The molecule has 1 amide bonds. The van der Waals surface area contributed by atoms with Gasteiger partial charge in [0.15, 0.2) is 0 Å². The molecular formula is C21H22N4O2. The van der Waals surface area contributed by atoms with Crippen molar-refractivity contribution in [3.63, 3.8) is 0 Å². The van der Waals surface area contributed by atoms with Gasteiger partial charge in [0, 0.05) is 29.9 Å². The predicted molar refractivity (Wildman–Crippen MR) is 100 cm³/mol. The second-order valence-electron chi connectivity index (χ2n) is 7.24. The highest BCUT2D eigenvalue weighted by molar-refractivity contribution is 5.94. The van der Waals surface area contributed by atoms with Gasteiger partial charge in [0.1, 0.15) is 11.8 Å². The minimum atomic E-state index is -0.0383. The van der Waals surface area contributed by atoms with Crippen LogP contribution in [0, 0.1) is 17.2 Å². The number of benzene rings is 1. The number of ether oxygens (including phenoxy) is 1. The maximum atomic E-state index is 12.7. The monoisotopic (exact) mass is 362 g/mol. The number of piperidine rings is 3. The van der Waals surface area contributed by atoms with Gasteiger partial charge < -0.3 is 10.1 Å². The zero-order chi connectivity index (χ0) is 18.8. The number of aromatic nitrogens is 1. The van der Waals surface area contributed by atoms with E-state index in [9.17, 15) is 4.79 Å². The van der Waals surface area contributed by atoms with E-state index in [0.29, 0.717) is 34.7 Å². The molecule has 3 saturated heterocycles. The van der Waals surface area contributed by atoms with Gasteiger partial charge in [0.25, 0.3) is 5.91 Å². The molecule has 138 valence electrons. The van der Waals surface area contributed by atoms with E-state index < -0.39 is 0 Å². The molecule has 2 bridgehead atoms. The van der Waals surface area contributed by atoms with Crippen molar-refractivity contribution >= 4 is 5.91 Å². The summed E-state index contributed by atoms with van der Waals surface area (Å²) in [5.41, 5.74) is 1.11. The third-order valence-electron chi connectivity index (χ3n) is 5.68. The minimum absolute atomic E-state index is 0.0383. The number of hydrogen-bond acceptors (Lipinski definition) is 5. The number of nitrogens with zero attached hydrogens (tertiary/aromatic N) is 3. The second kappa shape index (κ2) is 7.37. The number of carbonyl (C=O) groups excluding carboxylic acids is 1. The van der Waals surface area contributed by atoms with Crippen molar-refractivity contribution in [1.29, 1.82) is 5.26 Å². The summed E-state index contributed by atoms with van der Waals surface area (Å²) in [6, 6.07) is 13.0. The van der Waals surface area contributed by atoms with E-state index in [1.807, 2.05) is 6.07 Å². The average Bonchev–Trinajstić information content (AvgIpc) is 2.72. The Morgan fingerprint density at radius 2 is 1.96 bits per heavy atom. The van der Waals surface area contributed by atoms with Crippen LogP contribution in [-0.2, 0) is 0 Å². The number of rotatable bonds is 4. The zero-order valence-corrected chi connectivity index (χ0v) is 15.3. The van der Waals surface area contributed by atoms with Crippen molar-refractivity contribution in [2.75, 3.05) is 13.1 Å². The summed E-state index contributed by atoms with van der Waals surface area (Å²) in [6.45, 7) is 4.50. The third-order valence-corrected chi connectivity index (χ3v) is 5.68. The Hall–Kier alpha value is -2.91. The lowest BCUT2D eigenvalue weighted by Gasteiger charge is -2.49. The molecule has 1 N–H and O–H groups in total. The highest BCUT2D eigenvalue weighted by atomic mass is 16.5. The molecule has 3 aliphatic heterocycles. The lowest BCUT2D eigenvalue weighted by Crippen LogP contribution is -2.62. The van der Waals surface area contributed by atoms with Gasteiger partial charge in [0.05, 0.1) is 5.56 Å². The molecule has 0 saturated carbocycles. The lowest BCUT2D eigenvalue weighted by molar-refractivity contribution is 0.0217. The predicted octanol–water partition coefficient (Wildman–Crippen LogP) is 2.96. The molecule has 27 heavy (non-hydrogen) atoms. The van der Waals surface area contributed by atoms with E-state index in [1.165, 1.54) is 19.0 Å². The lowest BCUT2D eigenvalue weighted by atomic mass is 9.79. The number of carbonyl (C=O) groups is 1. The minimum Gasteiger partial charge on any atom is -0.439 e. The fraction of sp³-hybridized carbons (Fsp3) is 0.381. The number of amides is 1. The molecule has 6 heteroatoms. The first-order valence-corrected chi connectivity index (χ1v) is 9.33. The van der Waals surface area contributed by atoms with Crippen LogP contribution in [0.5, 0.6) is 11.6 Å². The quantitative estimate of drug-likeness (QED) is 0.905. The maximum Gasteiger partial charge on any atom is 0.251 e. The van der Waals surface area contributed by atoms with Crippen LogP contribution in [0.2, 0.25) is 0 Å². The number of fused-ring (bicyclic) bond motifs is 3. The smallest absolute Gasteiger partial charge is 0.251 e. The Kier molecular flexibility index (Phi) is 4.78. The topological polar surface area (TPSA) is 78.2 Å². The van der Waals surface area contributed by atoms with Crippen LogP contribution >= 0.6 is 0 Å². The molecule has 2 aromatic rings. The van der Waals surface area contributed by atoms with E-state index >= 15 is 0 Å². The van der Waals surface area contributed by atoms with Crippen molar-refractivity contribution < 1.29 is 9.53 Å². The van der Waals surface area contributed by atoms with Gasteiger partial charge in [-0.25, -0.2) is 4.98 Å². The van der Waals surface area contributed by atoms with Gasteiger partial charge in [0.2, 0.25) is 5.88 Å². The van der Waals surface area contributed by atoms with Gasteiger partial charge in [-0.2, -0.15) is 5.26 Å². The summed E-state index contributed by atoms with van der Waals surface area (Å²) in [5.74, 6) is 1.55. The van der Waals surface area contributed by atoms with Gasteiger partial charge in [-0.05, 0) is 69.1 Å². The first kappa shape index (κ1) is 17.5. The Bertz CT molecular complexity index is 847. The molecule has 3 fully saturated rings. The van der Waals surface area contributed by atoms with Crippen molar-refractivity contribution in [3.8, 4) is 17.7 Å². The van der Waals surface area contributed by atoms with Gasteiger partial charge in [-0.3, -0.25) is 9.69 Å². The molecule has 4 heterocycles. The van der Waals surface area contributed by atoms with E-state index in [4.69, 9.17) is 10.00 Å². The van der Waals surface area contributed by atoms with Crippen molar-refractivity contribution in [1.82, 2.24) is 15.2 Å². The average molecular weight is 362 g/mol. The molecule has 0 radical (unpaired) electrons. The summed E-state index contributed by atoms with van der Waals surface area (Å²) in [6.07, 6.45) is 3.80. The van der Waals surface area contributed by atoms with E-state index in [1.54, 1.807) is 36.4 Å². The van der Waals surface area contributed by atoms with E-state index in [-0.39, 0.29) is 11.9 Å². The SMILES string of the molecule is CC1C(NC(=O)c2ccc(Oc3ccc(C#N)cn3)cc2)C2CCN1CC2. The molecule has 0 spiro atoms. The van der Waals surface area contributed by atoms with Crippen molar-refractivity contribution in [2.24, 2.45) is 5.92 Å². The van der Waals surface area contributed by atoms with E-state index in [0.717, 1.165) is 13.1 Å².